The van der Waals surface area contributed by atoms with Crippen LogP contribution < -0.4 is 0 Å². The Morgan fingerprint density at radius 2 is 1.65 bits per heavy atom. The van der Waals surface area contributed by atoms with Crippen molar-refractivity contribution >= 4 is 6.29 Å². The summed E-state index contributed by atoms with van der Waals surface area (Å²) in [6.07, 6.45) is 0.880. The lowest BCUT2D eigenvalue weighted by atomic mass is 10.0. The van der Waals surface area contributed by atoms with E-state index in [0.717, 1.165) is 28.8 Å². The molecule has 2 nitrogen and oxygen atoms in total. The number of carbonyl (C=O) groups is 1. The predicted molar refractivity (Wildman–Crippen MR) is 90.6 cm³/mol. The van der Waals surface area contributed by atoms with Gasteiger partial charge in [0.25, 0.3) is 0 Å². The summed E-state index contributed by atoms with van der Waals surface area (Å²) < 4.78 is 15.2. The Balaban J connectivity index is 2.30. The first-order valence-electron chi connectivity index (χ1n) is 7.64. The van der Waals surface area contributed by atoms with Crippen molar-refractivity contribution in [2.75, 3.05) is 0 Å². The molecule has 0 radical (unpaired) electrons. The minimum absolute atomic E-state index is 0.222. The summed E-state index contributed by atoms with van der Waals surface area (Å²) in [7, 11) is 0. The summed E-state index contributed by atoms with van der Waals surface area (Å²) in [5.41, 5.74) is 4.34. The summed E-state index contributed by atoms with van der Waals surface area (Å²) >= 11 is 0. The molecule has 0 aliphatic heterocycles. The number of hydrogen-bond acceptors (Lipinski definition) is 1. The fourth-order valence-electron chi connectivity index (χ4n) is 2.82. The van der Waals surface area contributed by atoms with Gasteiger partial charge in [0, 0.05) is 5.69 Å². The van der Waals surface area contributed by atoms with E-state index in [1.54, 1.807) is 12.1 Å². The van der Waals surface area contributed by atoms with Gasteiger partial charge in [-0.05, 0) is 47.4 Å². The van der Waals surface area contributed by atoms with E-state index in [9.17, 15) is 9.18 Å². The maximum Gasteiger partial charge on any atom is 0.167 e. The highest BCUT2D eigenvalue weighted by Crippen LogP contribution is 2.32. The Kier molecular flexibility index (Phi) is 4.11. The highest BCUT2D eigenvalue weighted by molar-refractivity contribution is 5.81. The molecule has 1 heterocycles. The van der Waals surface area contributed by atoms with Crippen molar-refractivity contribution in [1.29, 1.82) is 0 Å². The maximum absolute atomic E-state index is 13.3. The molecule has 0 bridgehead atoms. The molecule has 1 aromatic heterocycles. The molecule has 116 valence electrons. The van der Waals surface area contributed by atoms with E-state index in [2.05, 4.69) is 13.8 Å². The molecule has 0 spiro atoms. The standard InChI is InChI=1S/C20H18FNO/c1-14(2)18-12-19(15-6-4-3-5-7-15)22(20(18)13-23)17-10-8-16(21)9-11-17/h3-14H,1-2H3. The van der Waals surface area contributed by atoms with Crippen LogP contribution in [-0.4, -0.2) is 10.9 Å². The van der Waals surface area contributed by atoms with Gasteiger partial charge in [0.1, 0.15) is 5.82 Å². The average Bonchev–Trinajstić information content (AvgIpc) is 2.96. The molecular weight excluding hydrogens is 289 g/mol. The van der Waals surface area contributed by atoms with E-state index in [1.165, 1.54) is 12.1 Å². The highest BCUT2D eigenvalue weighted by atomic mass is 19.1. The topological polar surface area (TPSA) is 22.0 Å². The number of nitrogens with zero attached hydrogens (tertiary/aromatic N) is 1. The zero-order chi connectivity index (χ0) is 16.4. The number of rotatable bonds is 4. The number of hydrogen-bond donors (Lipinski definition) is 0. The lowest BCUT2D eigenvalue weighted by Crippen LogP contribution is -2.03. The Labute approximate surface area is 135 Å². The van der Waals surface area contributed by atoms with Crippen molar-refractivity contribution in [1.82, 2.24) is 4.57 Å². The van der Waals surface area contributed by atoms with Gasteiger partial charge in [0.15, 0.2) is 6.29 Å². The first-order valence-corrected chi connectivity index (χ1v) is 7.64. The van der Waals surface area contributed by atoms with Gasteiger partial charge in [-0.25, -0.2) is 4.39 Å². The van der Waals surface area contributed by atoms with Gasteiger partial charge >= 0.3 is 0 Å². The van der Waals surface area contributed by atoms with Crippen LogP contribution in [0.15, 0.2) is 60.7 Å². The van der Waals surface area contributed by atoms with Gasteiger partial charge in [0.2, 0.25) is 0 Å². The second-order valence-corrected chi connectivity index (χ2v) is 5.82. The second-order valence-electron chi connectivity index (χ2n) is 5.82. The first-order chi connectivity index (χ1) is 11.1. The van der Waals surface area contributed by atoms with E-state index in [0.29, 0.717) is 5.69 Å². The van der Waals surface area contributed by atoms with Crippen molar-refractivity contribution in [3.8, 4) is 16.9 Å². The molecule has 0 N–H and O–H groups in total. The van der Waals surface area contributed by atoms with E-state index in [1.807, 2.05) is 41.0 Å². The molecule has 0 unspecified atom stereocenters. The van der Waals surface area contributed by atoms with Crippen molar-refractivity contribution in [3.05, 3.63) is 77.7 Å². The Morgan fingerprint density at radius 3 is 2.22 bits per heavy atom. The highest BCUT2D eigenvalue weighted by Gasteiger charge is 2.19. The number of aromatic nitrogens is 1. The quantitative estimate of drug-likeness (QED) is 0.606. The van der Waals surface area contributed by atoms with Crippen LogP contribution in [-0.2, 0) is 0 Å². The van der Waals surface area contributed by atoms with E-state index in [-0.39, 0.29) is 11.7 Å². The van der Waals surface area contributed by atoms with Crippen molar-refractivity contribution in [2.45, 2.75) is 19.8 Å². The molecule has 3 heteroatoms. The van der Waals surface area contributed by atoms with Gasteiger partial charge in [-0.15, -0.1) is 0 Å². The van der Waals surface area contributed by atoms with Gasteiger partial charge in [-0.3, -0.25) is 4.79 Å². The summed E-state index contributed by atoms with van der Waals surface area (Å²) in [6.45, 7) is 4.12. The minimum atomic E-state index is -0.293. The summed E-state index contributed by atoms with van der Waals surface area (Å²) in [5.74, 6) is -0.0711. The van der Waals surface area contributed by atoms with Crippen LogP contribution in [0, 0.1) is 5.82 Å². The average molecular weight is 307 g/mol. The third-order valence-corrected chi connectivity index (χ3v) is 3.96. The van der Waals surface area contributed by atoms with Gasteiger partial charge in [-0.2, -0.15) is 0 Å². The normalized spacial score (nSPS) is 11.0. The number of benzene rings is 2. The second kappa shape index (κ2) is 6.21. The van der Waals surface area contributed by atoms with Gasteiger partial charge < -0.3 is 4.57 Å². The molecule has 0 atom stereocenters. The molecule has 0 aliphatic carbocycles. The number of halogens is 1. The molecule has 0 amide bonds. The smallest absolute Gasteiger partial charge is 0.167 e. The van der Waals surface area contributed by atoms with Crippen LogP contribution in [0.2, 0.25) is 0 Å². The Bertz CT molecular complexity index is 817. The lowest BCUT2D eigenvalue weighted by Gasteiger charge is -2.12. The lowest BCUT2D eigenvalue weighted by molar-refractivity contribution is 0.111. The zero-order valence-electron chi connectivity index (χ0n) is 13.2. The Hall–Kier alpha value is -2.68. The van der Waals surface area contributed by atoms with E-state index >= 15 is 0 Å². The summed E-state index contributed by atoms with van der Waals surface area (Å²) in [4.78, 5) is 11.7. The number of aldehydes is 1. The van der Waals surface area contributed by atoms with Gasteiger partial charge in [-0.1, -0.05) is 44.2 Å². The maximum atomic E-state index is 13.3. The largest absolute Gasteiger partial charge is 0.307 e. The van der Waals surface area contributed by atoms with Crippen LogP contribution in [0.4, 0.5) is 4.39 Å². The van der Waals surface area contributed by atoms with Crippen LogP contribution in [0.5, 0.6) is 0 Å². The molecule has 23 heavy (non-hydrogen) atoms. The molecule has 3 rings (SSSR count). The molecule has 0 saturated heterocycles. The molecule has 3 aromatic rings. The summed E-state index contributed by atoms with van der Waals surface area (Å²) in [6, 6.07) is 18.2. The van der Waals surface area contributed by atoms with Crippen molar-refractivity contribution in [2.24, 2.45) is 0 Å². The van der Waals surface area contributed by atoms with E-state index in [4.69, 9.17) is 0 Å². The molecular formula is C20H18FNO. The third kappa shape index (κ3) is 2.82. The fourth-order valence-corrected chi connectivity index (χ4v) is 2.82. The van der Waals surface area contributed by atoms with Crippen LogP contribution in [0.1, 0.15) is 35.8 Å². The third-order valence-electron chi connectivity index (χ3n) is 3.96. The SMILES string of the molecule is CC(C)c1cc(-c2ccccc2)n(-c2ccc(F)cc2)c1C=O. The van der Waals surface area contributed by atoms with E-state index < -0.39 is 0 Å². The monoisotopic (exact) mass is 307 g/mol. The van der Waals surface area contributed by atoms with Crippen LogP contribution in [0.3, 0.4) is 0 Å². The van der Waals surface area contributed by atoms with Crippen molar-refractivity contribution < 1.29 is 9.18 Å². The first kappa shape index (κ1) is 15.2. The minimum Gasteiger partial charge on any atom is -0.307 e. The van der Waals surface area contributed by atoms with Crippen LogP contribution in [0.25, 0.3) is 16.9 Å². The summed E-state index contributed by atoms with van der Waals surface area (Å²) in [5, 5.41) is 0. The number of carbonyl (C=O) groups excluding carboxylic acids is 1. The zero-order valence-corrected chi connectivity index (χ0v) is 13.2. The van der Waals surface area contributed by atoms with Crippen LogP contribution >= 0.6 is 0 Å². The fraction of sp³-hybridized carbons (Fsp3) is 0.150. The van der Waals surface area contributed by atoms with Gasteiger partial charge in [0.05, 0.1) is 11.4 Å². The molecule has 0 saturated carbocycles. The molecule has 2 aromatic carbocycles. The van der Waals surface area contributed by atoms with Crippen molar-refractivity contribution in [3.63, 3.8) is 0 Å². The molecule has 0 aliphatic rings. The Morgan fingerprint density at radius 1 is 1.00 bits per heavy atom. The predicted octanol–water partition coefficient (Wildman–Crippen LogP) is 5.22. The molecule has 0 fully saturated rings.